The van der Waals surface area contributed by atoms with Crippen molar-refractivity contribution in [3.8, 4) is 11.3 Å². The first kappa shape index (κ1) is 14.2. The number of aromatic amines is 1. The number of benzene rings is 1. The number of nitrogens with one attached hydrogen (secondary N) is 2. The van der Waals surface area contributed by atoms with Gasteiger partial charge >= 0.3 is 0 Å². The van der Waals surface area contributed by atoms with Gasteiger partial charge in [-0.25, -0.2) is 0 Å². The molecule has 0 spiro atoms. The van der Waals surface area contributed by atoms with Crippen molar-refractivity contribution < 1.29 is 4.92 Å². The summed E-state index contributed by atoms with van der Waals surface area (Å²) in [5.41, 5.74) is 3.72. The van der Waals surface area contributed by atoms with Crippen LogP contribution in [-0.2, 0) is 6.54 Å². The molecule has 2 N–H and O–H groups in total. The lowest BCUT2D eigenvalue weighted by Crippen LogP contribution is -2.21. The smallest absolute Gasteiger partial charge is 0.270 e. The molecule has 0 atom stereocenters. The highest BCUT2D eigenvalue weighted by molar-refractivity contribution is 5.69. The predicted molar refractivity (Wildman–Crippen MR) is 77.4 cm³/mol. The van der Waals surface area contributed by atoms with E-state index in [1.54, 1.807) is 18.3 Å². The zero-order valence-electron chi connectivity index (χ0n) is 11.8. The molecule has 0 aliphatic carbocycles. The van der Waals surface area contributed by atoms with Crippen molar-refractivity contribution in [3.63, 3.8) is 0 Å². The second-order valence-corrected chi connectivity index (χ2v) is 5.06. The molecule has 0 saturated carbocycles. The van der Waals surface area contributed by atoms with Crippen LogP contribution in [-0.4, -0.2) is 21.2 Å². The number of nitro benzene ring substituents is 1. The summed E-state index contributed by atoms with van der Waals surface area (Å²) in [7, 11) is 0. The van der Waals surface area contributed by atoms with Crippen molar-refractivity contribution in [3.05, 3.63) is 45.6 Å². The highest BCUT2D eigenvalue weighted by atomic mass is 16.6. The molecule has 6 heteroatoms. The molecule has 1 aromatic heterocycles. The zero-order chi connectivity index (χ0) is 14.7. The SMILES string of the molecule is Cc1ccc([N+](=O)[O-])cc1-c1[nH]ncc1CNC(C)C. The summed E-state index contributed by atoms with van der Waals surface area (Å²) in [6, 6.07) is 5.22. The van der Waals surface area contributed by atoms with Crippen molar-refractivity contribution in [1.29, 1.82) is 0 Å². The van der Waals surface area contributed by atoms with Gasteiger partial charge < -0.3 is 5.32 Å². The van der Waals surface area contributed by atoms with E-state index in [1.165, 1.54) is 6.07 Å². The van der Waals surface area contributed by atoms with E-state index in [0.29, 0.717) is 12.6 Å². The monoisotopic (exact) mass is 274 g/mol. The molecule has 2 aromatic rings. The number of aryl methyl sites for hydroxylation is 1. The molecule has 0 saturated heterocycles. The number of hydrogen-bond donors (Lipinski definition) is 2. The van der Waals surface area contributed by atoms with Crippen molar-refractivity contribution in [2.24, 2.45) is 0 Å². The summed E-state index contributed by atoms with van der Waals surface area (Å²) in [5, 5.41) is 21.2. The Morgan fingerprint density at radius 3 is 2.85 bits per heavy atom. The van der Waals surface area contributed by atoms with Crippen molar-refractivity contribution in [1.82, 2.24) is 15.5 Å². The zero-order valence-corrected chi connectivity index (χ0v) is 11.8. The number of rotatable bonds is 5. The van der Waals surface area contributed by atoms with Crippen LogP contribution < -0.4 is 5.32 Å². The average molecular weight is 274 g/mol. The second-order valence-electron chi connectivity index (χ2n) is 5.06. The summed E-state index contributed by atoms with van der Waals surface area (Å²) >= 11 is 0. The van der Waals surface area contributed by atoms with Gasteiger partial charge in [-0.3, -0.25) is 15.2 Å². The van der Waals surface area contributed by atoms with E-state index < -0.39 is 0 Å². The Kier molecular flexibility index (Phi) is 4.14. The molecule has 0 aliphatic heterocycles. The molecular formula is C14H18N4O2. The van der Waals surface area contributed by atoms with Crippen LogP contribution in [0.15, 0.2) is 24.4 Å². The van der Waals surface area contributed by atoms with Gasteiger partial charge in [-0.2, -0.15) is 5.10 Å². The molecule has 0 fully saturated rings. The van der Waals surface area contributed by atoms with Crippen LogP contribution >= 0.6 is 0 Å². The van der Waals surface area contributed by atoms with E-state index in [4.69, 9.17) is 0 Å². The van der Waals surface area contributed by atoms with Crippen LogP contribution in [0.2, 0.25) is 0 Å². The quantitative estimate of drug-likeness (QED) is 0.648. The van der Waals surface area contributed by atoms with Crippen molar-refractivity contribution in [2.75, 3.05) is 0 Å². The summed E-state index contributed by atoms with van der Waals surface area (Å²) in [6.45, 7) is 6.74. The Morgan fingerprint density at radius 2 is 2.20 bits per heavy atom. The minimum absolute atomic E-state index is 0.0861. The number of non-ortho nitro benzene ring substituents is 1. The lowest BCUT2D eigenvalue weighted by Gasteiger charge is -2.09. The van der Waals surface area contributed by atoms with Crippen molar-refractivity contribution in [2.45, 2.75) is 33.4 Å². The molecule has 2 rings (SSSR count). The molecule has 0 aliphatic rings. The van der Waals surface area contributed by atoms with Gasteiger partial charge in [0.25, 0.3) is 5.69 Å². The van der Waals surface area contributed by atoms with Crippen LogP contribution in [0.25, 0.3) is 11.3 Å². The Balaban J connectivity index is 2.38. The van der Waals surface area contributed by atoms with Crippen LogP contribution in [0.3, 0.4) is 0 Å². The topological polar surface area (TPSA) is 83.8 Å². The average Bonchev–Trinajstić information content (AvgIpc) is 2.84. The molecule has 106 valence electrons. The Hall–Kier alpha value is -2.21. The number of hydrogen-bond acceptors (Lipinski definition) is 4. The van der Waals surface area contributed by atoms with Gasteiger partial charge in [0, 0.05) is 35.8 Å². The van der Waals surface area contributed by atoms with Gasteiger partial charge in [0.2, 0.25) is 0 Å². The van der Waals surface area contributed by atoms with Gasteiger partial charge in [0.1, 0.15) is 0 Å². The summed E-state index contributed by atoms with van der Waals surface area (Å²) in [4.78, 5) is 10.5. The molecule has 0 bridgehead atoms. The first-order valence-electron chi connectivity index (χ1n) is 6.50. The third kappa shape index (κ3) is 3.03. The Bertz CT molecular complexity index is 619. The molecule has 1 aromatic carbocycles. The number of H-pyrrole nitrogens is 1. The third-order valence-electron chi connectivity index (χ3n) is 3.12. The number of nitrogens with zero attached hydrogens (tertiary/aromatic N) is 2. The molecular weight excluding hydrogens is 256 g/mol. The van der Waals surface area contributed by atoms with E-state index in [9.17, 15) is 10.1 Å². The predicted octanol–water partition coefficient (Wildman–Crippen LogP) is 2.79. The van der Waals surface area contributed by atoms with Crippen LogP contribution in [0.5, 0.6) is 0 Å². The second kappa shape index (κ2) is 5.83. The first-order valence-corrected chi connectivity index (χ1v) is 6.50. The van der Waals surface area contributed by atoms with E-state index in [2.05, 4.69) is 29.4 Å². The maximum Gasteiger partial charge on any atom is 0.270 e. The minimum Gasteiger partial charge on any atom is -0.310 e. The standard InChI is InChI=1S/C14H18N4O2/c1-9(2)15-7-11-8-16-17-14(11)13-6-12(18(19)20)5-4-10(13)3/h4-6,8-9,15H,7H2,1-3H3,(H,16,17). The third-order valence-corrected chi connectivity index (χ3v) is 3.12. The van der Waals surface area contributed by atoms with E-state index in [-0.39, 0.29) is 10.6 Å². The summed E-state index contributed by atoms with van der Waals surface area (Å²) in [5.74, 6) is 0. The van der Waals surface area contributed by atoms with Gasteiger partial charge in [-0.15, -0.1) is 0 Å². The molecule has 20 heavy (non-hydrogen) atoms. The van der Waals surface area contributed by atoms with Crippen LogP contribution in [0.1, 0.15) is 25.0 Å². The minimum atomic E-state index is -0.384. The summed E-state index contributed by atoms with van der Waals surface area (Å²) < 4.78 is 0. The maximum atomic E-state index is 10.9. The van der Waals surface area contributed by atoms with E-state index in [1.807, 2.05) is 6.92 Å². The number of nitro groups is 1. The molecule has 0 unspecified atom stereocenters. The van der Waals surface area contributed by atoms with Crippen LogP contribution in [0, 0.1) is 17.0 Å². The summed E-state index contributed by atoms with van der Waals surface area (Å²) in [6.07, 6.45) is 1.75. The fourth-order valence-corrected chi connectivity index (χ4v) is 1.99. The lowest BCUT2D eigenvalue weighted by atomic mass is 10.0. The lowest BCUT2D eigenvalue weighted by molar-refractivity contribution is -0.384. The molecule has 1 heterocycles. The van der Waals surface area contributed by atoms with Gasteiger partial charge in [0.05, 0.1) is 16.8 Å². The highest BCUT2D eigenvalue weighted by Gasteiger charge is 2.14. The van der Waals surface area contributed by atoms with Gasteiger partial charge in [-0.05, 0) is 12.5 Å². The largest absolute Gasteiger partial charge is 0.310 e. The highest BCUT2D eigenvalue weighted by Crippen LogP contribution is 2.28. The normalized spacial score (nSPS) is 11.0. The first-order chi connectivity index (χ1) is 9.49. The Morgan fingerprint density at radius 1 is 1.45 bits per heavy atom. The van der Waals surface area contributed by atoms with Crippen molar-refractivity contribution >= 4 is 5.69 Å². The molecule has 6 nitrogen and oxygen atoms in total. The van der Waals surface area contributed by atoms with Gasteiger partial charge in [-0.1, -0.05) is 19.9 Å². The van der Waals surface area contributed by atoms with Crippen LogP contribution in [0.4, 0.5) is 5.69 Å². The van der Waals surface area contributed by atoms with E-state index in [0.717, 1.165) is 22.4 Å². The van der Waals surface area contributed by atoms with E-state index >= 15 is 0 Å². The van der Waals surface area contributed by atoms with Gasteiger partial charge in [0.15, 0.2) is 0 Å². The number of aromatic nitrogens is 2. The maximum absolute atomic E-state index is 10.9. The fraction of sp³-hybridized carbons (Fsp3) is 0.357. The Labute approximate surface area is 117 Å². The molecule has 0 amide bonds. The fourth-order valence-electron chi connectivity index (χ4n) is 1.99. The molecule has 0 radical (unpaired) electrons.